The molecule has 2 amide bonds. The van der Waals surface area contributed by atoms with Gasteiger partial charge in [-0.3, -0.25) is 14.3 Å². The lowest BCUT2D eigenvalue weighted by atomic mass is 10.1. The number of aromatic nitrogens is 2. The minimum Gasteiger partial charge on any atom is -0.489 e. The van der Waals surface area contributed by atoms with Crippen molar-refractivity contribution in [3.8, 4) is 5.75 Å². The zero-order valence-electron chi connectivity index (χ0n) is 18.0. The van der Waals surface area contributed by atoms with Gasteiger partial charge in [0, 0.05) is 30.4 Å². The second kappa shape index (κ2) is 9.66. The molecule has 162 valence electrons. The van der Waals surface area contributed by atoms with Gasteiger partial charge in [0.1, 0.15) is 12.4 Å². The molecule has 1 heterocycles. The van der Waals surface area contributed by atoms with Crippen molar-refractivity contribution >= 4 is 29.1 Å². The van der Waals surface area contributed by atoms with Crippen LogP contribution in [-0.4, -0.2) is 28.6 Å². The van der Waals surface area contributed by atoms with E-state index in [4.69, 9.17) is 16.3 Å². The predicted molar refractivity (Wildman–Crippen MR) is 121 cm³/mol. The van der Waals surface area contributed by atoms with Gasteiger partial charge in [-0.1, -0.05) is 23.7 Å². The first-order chi connectivity index (χ1) is 14.8. The Bertz CT molecular complexity index is 1080. The lowest BCUT2D eigenvalue weighted by Crippen LogP contribution is -2.21. The average Bonchev–Trinajstić information content (AvgIpc) is 3.18. The van der Waals surface area contributed by atoms with Gasteiger partial charge in [-0.15, -0.1) is 0 Å². The number of aryl methyl sites for hydroxylation is 3. The van der Waals surface area contributed by atoms with Crippen LogP contribution in [0.3, 0.4) is 0 Å². The number of ether oxygens (including phenoxy) is 1. The zero-order valence-corrected chi connectivity index (χ0v) is 18.7. The molecule has 3 rings (SSSR count). The summed E-state index contributed by atoms with van der Waals surface area (Å²) in [5.41, 5.74) is 3.86. The molecule has 0 radical (unpaired) electrons. The van der Waals surface area contributed by atoms with Crippen molar-refractivity contribution in [3.05, 3.63) is 75.6 Å². The third-order valence-electron chi connectivity index (χ3n) is 4.81. The average molecular weight is 441 g/mol. The minimum absolute atomic E-state index is 0.177. The second-order valence-electron chi connectivity index (χ2n) is 7.14. The van der Waals surface area contributed by atoms with Crippen LogP contribution in [0, 0.1) is 13.8 Å². The third kappa shape index (κ3) is 5.24. The number of benzene rings is 2. The van der Waals surface area contributed by atoms with Gasteiger partial charge in [0.15, 0.2) is 5.69 Å². The Kier molecular flexibility index (Phi) is 6.97. The summed E-state index contributed by atoms with van der Waals surface area (Å²) < 4.78 is 7.46. The monoisotopic (exact) mass is 440 g/mol. The van der Waals surface area contributed by atoms with Crippen molar-refractivity contribution in [1.29, 1.82) is 0 Å². The molecule has 3 aromatic rings. The van der Waals surface area contributed by atoms with E-state index in [-0.39, 0.29) is 17.5 Å². The van der Waals surface area contributed by atoms with Gasteiger partial charge in [0.05, 0.1) is 5.69 Å². The van der Waals surface area contributed by atoms with E-state index >= 15 is 0 Å². The minimum atomic E-state index is -0.359. The third-order valence-corrected chi connectivity index (χ3v) is 5.40. The van der Waals surface area contributed by atoms with Gasteiger partial charge < -0.3 is 15.4 Å². The van der Waals surface area contributed by atoms with Crippen LogP contribution in [0.5, 0.6) is 5.75 Å². The summed E-state index contributed by atoms with van der Waals surface area (Å²) in [6.07, 6.45) is 1.64. The highest BCUT2D eigenvalue weighted by atomic mass is 35.5. The standard InChI is InChI=1S/C23H25ClN4O3/c1-5-28-12-19(21(27-28)23(30)25-4)26-22(29)17-8-6-16(7-9-17)13-31-18-10-14(2)20(24)15(3)11-18/h6-12H,5,13H2,1-4H3,(H,25,30)(H,26,29). The summed E-state index contributed by atoms with van der Waals surface area (Å²) in [6.45, 7) is 6.73. The first-order valence-electron chi connectivity index (χ1n) is 9.91. The van der Waals surface area contributed by atoms with E-state index in [9.17, 15) is 9.59 Å². The van der Waals surface area contributed by atoms with Crippen LogP contribution in [0.1, 0.15) is 44.5 Å². The summed E-state index contributed by atoms with van der Waals surface area (Å²) in [5.74, 6) is 0.0655. The highest BCUT2D eigenvalue weighted by Crippen LogP contribution is 2.26. The van der Waals surface area contributed by atoms with Gasteiger partial charge in [0.2, 0.25) is 0 Å². The number of carbonyl (C=O) groups is 2. The molecule has 0 aliphatic carbocycles. The van der Waals surface area contributed by atoms with Crippen LogP contribution in [0.25, 0.3) is 0 Å². The molecule has 0 fully saturated rings. The van der Waals surface area contributed by atoms with E-state index in [0.717, 1.165) is 27.5 Å². The topological polar surface area (TPSA) is 85.2 Å². The van der Waals surface area contributed by atoms with Crippen LogP contribution in [0.4, 0.5) is 5.69 Å². The summed E-state index contributed by atoms with van der Waals surface area (Å²) in [6, 6.07) is 10.9. The van der Waals surface area contributed by atoms with Gasteiger partial charge in [-0.05, 0) is 61.7 Å². The van der Waals surface area contributed by atoms with Crippen LogP contribution >= 0.6 is 11.6 Å². The molecule has 0 atom stereocenters. The Balaban J connectivity index is 1.67. The Morgan fingerprint density at radius 1 is 1.10 bits per heavy atom. The van der Waals surface area contributed by atoms with E-state index in [1.165, 1.54) is 7.05 Å². The number of amides is 2. The largest absolute Gasteiger partial charge is 0.489 e. The zero-order chi connectivity index (χ0) is 22.5. The maximum atomic E-state index is 12.6. The molecule has 0 saturated heterocycles. The predicted octanol–water partition coefficient (Wildman–Crippen LogP) is 4.36. The molecule has 8 heteroatoms. The number of carbonyl (C=O) groups excluding carboxylic acids is 2. The first kappa shape index (κ1) is 22.4. The number of nitrogens with one attached hydrogen (secondary N) is 2. The van der Waals surface area contributed by atoms with Gasteiger partial charge in [-0.2, -0.15) is 5.10 Å². The van der Waals surface area contributed by atoms with E-state index in [0.29, 0.717) is 24.4 Å². The normalized spacial score (nSPS) is 10.6. The number of anilines is 1. The molecule has 0 saturated carbocycles. The van der Waals surface area contributed by atoms with Gasteiger partial charge in [0.25, 0.3) is 11.8 Å². The molecule has 2 N–H and O–H groups in total. The quantitative estimate of drug-likeness (QED) is 0.571. The molecular weight excluding hydrogens is 416 g/mol. The van der Waals surface area contributed by atoms with Crippen molar-refractivity contribution in [2.75, 3.05) is 12.4 Å². The molecule has 0 unspecified atom stereocenters. The summed E-state index contributed by atoms with van der Waals surface area (Å²) >= 11 is 6.20. The first-order valence-corrected chi connectivity index (χ1v) is 10.3. The van der Waals surface area contributed by atoms with Crippen molar-refractivity contribution in [3.63, 3.8) is 0 Å². The molecule has 0 aliphatic rings. The number of hydrogen-bond acceptors (Lipinski definition) is 4. The van der Waals surface area contributed by atoms with Crippen molar-refractivity contribution in [2.45, 2.75) is 33.9 Å². The molecule has 2 aromatic carbocycles. The molecule has 0 spiro atoms. The summed E-state index contributed by atoms with van der Waals surface area (Å²) in [5, 5.41) is 10.2. The van der Waals surface area contributed by atoms with Crippen LogP contribution < -0.4 is 15.4 Å². The molecule has 0 bridgehead atoms. The number of halogens is 1. The fourth-order valence-corrected chi connectivity index (χ4v) is 3.17. The van der Waals surface area contributed by atoms with Crippen LogP contribution in [-0.2, 0) is 13.2 Å². The van der Waals surface area contributed by atoms with E-state index in [1.807, 2.05) is 45.0 Å². The van der Waals surface area contributed by atoms with Gasteiger partial charge >= 0.3 is 0 Å². The maximum absolute atomic E-state index is 12.6. The molecular formula is C23H25ClN4O3. The lowest BCUT2D eigenvalue weighted by Gasteiger charge is -2.10. The Morgan fingerprint density at radius 3 is 2.32 bits per heavy atom. The van der Waals surface area contributed by atoms with E-state index in [1.54, 1.807) is 23.0 Å². The fourth-order valence-electron chi connectivity index (χ4n) is 3.06. The van der Waals surface area contributed by atoms with Crippen LogP contribution in [0.15, 0.2) is 42.6 Å². The number of hydrogen-bond donors (Lipinski definition) is 2. The van der Waals surface area contributed by atoms with Crippen molar-refractivity contribution < 1.29 is 14.3 Å². The lowest BCUT2D eigenvalue weighted by molar-refractivity contribution is 0.0958. The number of rotatable bonds is 7. The smallest absolute Gasteiger partial charge is 0.273 e. The highest BCUT2D eigenvalue weighted by Gasteiger charge is 2.18. The Labute approximate surface area is 186 Å². The molecule has 31 heavy (non-hydrogen) atoms. The second-order valence-corrected chi connectivity index (χ2v) is 7.51. The van der Waals surface area contributed by atoms with E-state index in [2.05, 4.69) is 15.7 Å². The van der Waals surface area contributed by atoms with Crippen molar-refractivity contribution in [2.24, 2.45) is 0 Å². The molecule has 1 aromatic heterocycles. The SMILES string of the molecule is CCn1cc(NC(=O)c2ccc(COc3cc(C)c(Cl)c(C)c3)cc2)c(C(=O)NC)n1. The summed E-state index contributed by atoms with van der Waals surface area (Å²) in [7, 11) is 1.52. The summed E-state index contributed by atoms with van der Waals surface area (Å²) in [4.78, 5) is 24.7. The Morgan fingerprint density at radius 2 is 1.74 bits per heavy atom. The number of nitrogens with zero attached hydrogens (tertiary/aromatic N) is 2. The Hall–Kier alpha value is -3.32. The van der Waals surface area contributed by atoms with Crippen LogP contribution in [0.2, 0.25) is 5.02 Å². The molecule has 0 aliphatic heterocycles. The molecule has 7 nitrogen and oxygen atoms in total. The highest BCUT2D eigenvalue weighted by molar-refractivity contribution is 6.32. The van der Waals surface area contributed by atoms with Crippen molar-refractivity contribution in [1.82, 2.24) is 15.1 Å². The van der Waals surface area contributed by atoms with Gasteiger partial charge in [-0.25, -0.2) is 0 Å². The fraction of sp³-hybridized carbons (Fsp3) is 0.261. The van der Waals surface area contributed by atoms with E-state index < -0.39 is 0 Å². The maximum Gasteiger partial charge on any atom is 0.273 e.